The fourth-order valence-electron chi connectivity index (χ4n) is 1.48. The fraction of sp³-hybridized carbons (Fsp3) is 0.692. The molecule has 0 spiro atoms. The summed E-state index contributed by atoms with van der Waals surface area (Å²) in [6, 6.07) is 1.74. The molecule has 0 fully saturated rings. The van der Waals surface area contributed by atoms with E-state index in [2.05, 4.69) is 36.1 Å². The summed E-state index contributed by atoms with van der Waals surface area (Å²) in [4.78, 5) is 8.74. The molecule has 1 heterocycles. The Balaban J connectivity index is 2.75. The number of ether oxygens (including phenoxy) is 1. The highest BCUT2D eigenvalue weighted by Crippen LogP contribution is 2.21. The van der Waals surface area contributed by atoms with Crippen LogP contribution in [0, 0.1) is 0 Å². The number of nitrogens with one attached hydrogen (secondary N) is 1. The van der Waals surface area contributed by atoms with Crippen molar-refractivity contribution < 1.29 is 4.74 Å². The van der Waals surface area contributed by atoms with Crippen molar-refractivity contribution in [3.8, 4) is 0 Å². The number of rotatable bonds is 5. The summed E-state index contributed by atoms with van der Waals surface area (Å²) < 4.78 is 5.45. The Morgan fingerprint density at radius 2 is 2.06 bits per heavy atom. The van der Waals surface area contributed by atoms with Crippen molar-refractivity contribution >= 4 is 11.6 Å². The summed E-state index contributed by atoms with van der Waals surface area (Å²) in [6.45, 7) is 11.6. The van der Waals surface area contributed by atoms with E-state index in [1.165, 1.54) is 0 Å². The Bertz CT molecular complexity index is 387. The first-order valence-electron chi connectivity index (χ1n) is 6.33. The van der Waals surface area contributed by atoms with E-state index in [-0.39, 0.29) is 11.5 Å². The van der Waals surface area contributed by atoms with Gasteiger partial charge in [-0.3, -0.25) is 0 Å². The van der Waals surface area contributed by atoms with Crippen molar-refractivity contribution in [1.29, 1.82) is 0 Å². The highest BCUT2D eigenvalue weighted by atomic mass is 16.5. The van der Waals surface area contributed by atoms with Crippen molar-refractivity contribution in [3.05, 3.63) is 11.9 Å². The Kier molecular flexibility index (Phi) is 4.90. The molecule has 18 heavy (non-hydrogen) atoms. The maximum Gasteiger partial charge on any atom is 0.138 e. The molecule has 0 aliphatic heterocycles. The lowest BCUT2D eigenvalue weighted by Gasteiger charge is -2.19. The zero-order chi connectivity index (χ0) is 13.8. The van der Waals surface area contributed by atoms with Crippen molar-refractivity contribution in [2.45, 2.75) is 46.1 Å². The van der Waals surface area contributed by atoms with Gasteiger partial charge in [0.1, 0.15) is 17.5 Å². The third-order valence-electron chi connectivity index (χ3n) is 2.44. The van der Waals surface area contributed by atoms with Crippen molar-refractivity contribution in [1.82, 2.24) is 9.97 Å². The van der Waals surface area contributed by atoms with E-state index in [0.29, 0.717) is 19.0 Å². The van der Waals surface area contributed by atoms with E-state index in [1.54, 1.807) is 6.07 Å². The molecule has 0 aromatic carbocycles. The molecule has 0 amide bonds. The van der Waals surface area contributed by atoms with Crippen LogP contribution < -0.4 is 11.1 Å². The standard InChI is InChI=1S/C13H24N4O/c1-6-18-9(2)8-15-11-7-10(14)16-12(17-11)13(3,4)5/h7,9H,6,8H2,1-5H3,(H3,14,15,16,17). The second-order valence-electron chi connectivity index (χ2n) is 5.40. The molecule has 1 aromatic rings. The first-order chi connectivity index (χ1) is 8.32. The van der Waals surface area contributed by atoms with Crippen LogP contribution in [0.4, 0.5) is 11.6 Å². The first kappa shape index (κ1) is 14.7. The van der Waals surface area contributed by atoms with Crippen molar-refractivity contribution in [2.24, 2.45) is 0 Å². The van der Waals surface area contributed by atoms with E-state index < -0.39 is 0 Å². The molecule has 1 atom stereocenters. The highest BCUT2D eigenvalue weighted by Gasteiger charge is 2.18. The fourth-order valence-corrected chi connectivity index (χ4v) is 1.48. The van der Waals surface area contributed by atoms with Gasteiger partial charge in [0.2, 0.25) is 0 Å². The number of aromatic nitrogens is 2. The van der Waals surface area contributed by atoms with Crippen LogP contribution in [-0.2, 0) is 10.2 Å². The normalized spacial score (nSPS) is 13.4. The second-order valence-corrected chi connectivity index (χ2v) is 5.40. The SMILES string of the molecule is CCOC(C)CNc1cc(N)nc(C(C)(C)C)n1. The maximum atomic E-state index is 5.80. The van der Waals surface area contributed by atoms with Gasteiger partial charge in [0.15, 0.2) is 0 Å². The van der Waals surface area contributed by atoms with E-state index >= 15 is 0 Å². The molecule has 0 saturated heterocycles. The Morgan fingerprint density at radius 3 is 2.61 bits per heavy atom. The summed E-state index contributed by atoms with van der Waals surface area (Å²) in [5.41, 5.74) is 5.69. The number of hydrogen-bond acceptors (Lipinski definition) is 5. The average molecular weight is 252 g/mol. The van der Waals surface area contributed by atoms with Crippen LogP contribution in [0.1, 0.15) is 40.4 Å². The van der Waals surface area contributed by atoms with Gasteiger partial charge in [-0.25, -0.2) is 9.97 Å². The monoisotopic (exact) mass is 252 g/mol. The van der Waals surface area contributed by atoms with Gasteiger partial charge in [-0.2, -0.15) is 0 Å². The summed E-state index contributed by atoms with van der Waals surface area (Å²) >= 11 is 0. The van der Waals surface area contributed by atoms with Gasteiger partial charge in [0.25, 0.3) is 0 Å². The number of hydrogen-bond donors (Lipinski definition) is 2. The summed E-state index contributed by atoms with van der Waals surface area (Å²) in [6.07, 6.45) is 0.143. The van der Waals surface area contributed by atoms with Gasteiger partial charge in [-0.1, -0.05) is 20.8 Å². The number of anilines is 2. The van der Waals surface area contributed by atoms with Crippen LogP contribution in [0.25, 0.3) is 0 Å². The summed E-state index contributed by atoms with van der Waals surface area (Å²) in [7, 11) is 0. The third-order valence-corrected chi connectivity index (χ3v) is 2.44. The van der Waals surface area contributed by atoms with E-state index in [1.807, 2.05) is 13.8 Å². The number of nitrogens with zero attached hydrogens (tertiary/aromatic N) is 2. The molecular formula is C13H24N4O. The predicted octanol–water partition coefficient (Wildman–Crippen LogP) is 2.19. The zero-order valence-corrected chi connectivity index (χ0v) is 11.9. The molecule has 0 radical (unpaired) electrons. The van der Waals surface area contributed by atoms with E-state index in [9.17, 15) is 0 Å². The summed E-state index contributed by atoms with van der Waals surface area (Å²) in [5, 5.41) is 3.23. The van der Waals surface area contributed by atoms with Crippen LogP contribution in [0.5, 0.6) is 0 Å². The predicted molar refractivity (Wildman–Crippen MR) is 74.7 cm³/mol. The topological polar surface area (TPSA) is 73.1 Å². The lowest BCUT2D eigenvalue weighted by Crippen LogP contribution is -2.22. The Morgan fingerprint density at radius 1 is 1.39 bits per heavy atom. The van der Waals surface area contributed by atoms with Gasteiger partial charge < -0.3 is 15.8 Å². The van der Waals surface area contributed by atoms with Gasteiger partial charge >= 0.3 is 0 Å². The Hall–Kier alpha value is -1.36. The first-order valence-corrected chi connectivity index (χ1v) is 6.33. The summed E-state index contributed by atoms with van der Waals surface area (Å²) in [5.74, 6) is 1.98. The second kappa shape index (κ2) is 6.00. The molecule has 1 unspecified atom stereocenters. The molecule has 1 rings (SSSR count). The smallest absolute Gasteiger partial charge is 0.138 e. The largest absolute Gasteiger partial charge is 0.384 e. The zero-order valence-electron chi connectivity index (χ0n) is 11.9. The van der Waals surface area contributed by atoms with Crippen LogP contribution in [0.15, 0.2) is 6.07 Å². The number of nitrogens with two attached hydrogens (primary N) is 1. The van der Waals surface area contributed by atoms with Gasteiger partial charge in [-0.05, 0) is 13.8 Å². The van der Waals surface area contributed by atoms with Crippen LogP contribution >= 0.6 is 0 Å². The molecule has 3 N–H and O–H groups in total. The quantitative estimate of drug-likeness (QED) is 0.840. The maximum absolute atomic E-state index is 5.80. The van der Waals surface area contributed by atoms with E-state index in [0.717, 1.165) is 11.6 Å². The average Bonchev–Trinajstić information content (AvgIpc) is 2.25. The van der Waals surface area contributed by atoms with Crippen LogP contribution in [0.3, 0.4) is 0 Å². The third kappa shape index (κ3) is 4.49. The molecule has 0 saturated carbocycles. The minimum atomic E-state index is -0.114. The molecule has 102 valence electrons. The molecule has 0 aliphatic rings. The lowest BCUT2D eigenvalue weighted by atomic mass is 9.96. The molecule has 0 aliphatic carbocycles. The van der Waals surface area contributed by atoms with Gasteiger partial charge in [-0.15, -0.1) is 0 Å². The lowest BCUT2D eigenvalue weighted by molar-refractivity contribution is 0.0855. The molecule has 1 aromatic heterocycles. The highest BCUT2D eigenvalue weighted by molar-refractivity contribution is 5.45. The van der Waals surface area contributed by atoms with Crippen LogP contribution in [-0.4, -0.2) is 29.2 Å². The van der Waals surface area contributed by atoms with Crippen molar-refractivity contribution in [3.63, 3.8) is 0 Å². The van der Waals surface area contributed by atoms with Crippen LogP contribution in [0.2, 0.25) is 0 Å². The molecule has 0 bridgehead atoms. The van der Waals surface area contributed by atoms with Gasteiger partial charge in [0.05, 0.1) is 6.10 Å². The minimum Gasteiger partial charge on any atom is -0.384 e. The number of nitrogen functional groups attached to an aromatic ring is 1. The van der Waals surface area contributed by atoms with Gasteiger partial charge in [0, 0.05) is 24.6 Å². The van der Waals surface area contributed by atoms with Crippen molar-refractivity contribution in [2.75, 3.05) is 24.2 Å². The molecule has 5 heteroatoms. The minimum absolute atomic E-state index is 0.114. The Labute approximate surface area is 109 Å². The molecular weight excluding hydrogens is 228 g/mol. The molecule has 5 nitrogen and oxygen atoms in total. The van der Waals surface area contributed by atoms with E-state index in [4.69, 9.17) is 10.5 Å².